The summed E-state index contributed by atoms with van der Waals surface area (Å²) in [4.78, 5) is 27.4. The first kappa shape index (κ1) is 28.5. The molecule has 0 bridgehead atoms. The molecule has 0 aliphatic rings. The molecular formula is C25H34ClN3O5S. The zero-order chi connectivity index (χ0) is 26.2. The number of carbonyl (C=O) groups excluding carboxylic acids is 2. The molecule has 0 fully saturated rings. The van der Waals surface area contributed by atoms with Gasteiger partial charge < -0.3 is 15.0 Å². The van der Waals surface area contributed by atoms with Gasteiger partial charge in [0.2, 0.25) is 21.8 Å². The number of carbonyl (C=O) groups is 2. The highest BCUT2D eigenvalue weighted by Crippen LogP contribution is 2.22. The lowest BCUT2D eigenvalue weighted by Gasteiger charge is -2.30. The predicted molar refractivity (Wildman–Crippen MR) is 139 cm³/mol. The number of hydrogen-bond donors (Lipinski definition) is 1. The molecule has 1 unspecified atom stereocenters. The molecule has 0 heterocycles. The molecule has 8 nitrogen and oxygen atoms in total. The summed E-state index contributed by atoms with van der Waals surface area (Å²) >= 11 is 5.98. The molecule has 1 N–H and O–H groups in total. The number of rotatable bonds is 12. The van der Waals surface area contributed by atoms with E-state index in [-0.39, 0.29) is 43.8 Å². The number of ether oxygens (including phenoxy) is 1. The van der Waals surface area contributed by atoms with E-state index in [9.17, 15) is 18.0 Å². The van der Waals surface area contributed by atoms with Crippen molar-refractivity contribution in [2.24, 2.45) is 0 Å². The van der Waals surface area contributed by atoms with E-state index in [0.29, 0.717) is 16.5 Å². The standard InChI is InChI=1S/C25H34ClN3O5S/c1-18(2)27-25(31)19(3)28(17-20-8-10-21(26)11-9-20)24(30)7-6-16-29(35(5,32)33)22-12-14-23(34-4)15-13-22/h8-15,18-19H,6-7,16-17H2,1-5H3,(H,27,31). The topological polar surface area (TPSA) is 96.0 Å². The zero-order valence-corrected chi connectivity index (χ0v) is 22.4. The van der Waals surface area contributed by atoms with Crippen molar-refractivity contribution in [3.05, 3.63) is 59.1 Å². The number of nitrogens with zero attached hydrogens (tertiary/aromatic N) is 2. The average Bonchev–Trinajstić information content (AvgIpc) is 2.79. The second-order valence-corrected chi connectivity index (χ2v) is 11.0. The van der Waals surface area contributed by atoms with Gasteiger partial charge >= 0.3 is 0 Å². The van der Waals surface area contributed by atoms with Crippen LogP contribution >= 0.6 is 11.6 Å². The molecule has 10 heteroatoms. The first-order chi connectivity index (χ1) is 16.4. The SMILES string of the molecule is COc1ccc(N(CCCC(=O)N(Cc2ccc(Cl)cc2)C(C)C(=O)NC(C)C)S(C)(=O)=O)cc1. The molecule has 0 aliphatic carbocycles. The minimum atomic E-state index is -3.56. The number of hydrogen-bond acceptors (Lipinski definition) is 5. The molecule has 2 aromatic carbocycles. The molecule has 35 heavy (non-hydrogen) atoms. The quantitative estimate of drug-likeness (QED) is 0.456. The van der Waals surface area contributed by atoms with E-state index in [1.807, 2.05) is 26.0 Å². The Kier molecular flexibility index (Phi) is 10.4. The summed E-state index contributed by atoms with van der Waals surface area (Å²) in [6.07, 6.45) is 1.49. The summed E-state index contributed by atoms with van der Waals surface area (Å²) in [5.41, 5.74) is 1.33. The van der Waals surface area contributed by atoms with E-state index in [2.05, 4.69) is 5.32 Å². The van der Waals surface area contributed by atoms with Crippen LogP contribution < -0.4 is 14.4 Å². The average molecular weight is 524 g/mol. The van der Waals surface area contributed by atoms with Crippen molar-refractivity contribution in [3.8, 4) is 5.75 Å². The number of amides is 2. The summed E-state index contributed by atoms with van der Waals surface area (Å²) < 4.78 is 31.2. The van der Waals surface area contributed by atoms with Gasteiger partial charge in [-0.15, -0.1) is 0 Å². The molecule has 2 rings (SSSR count). The lowest BCUT2D eigenvalue weighted by Crippen LogP contribution is -2.49. The van der Waals surface area contributed by atoms with Crippen LogP contribution in [0.5, 0.6) is 5.75 Å². The Hall–Kier alpha value is -2.78. The molecule has 2 amide bonds. The van der Waals surface area contributed by atoms with Crippen molar-refractivity contribution >= 4 is 39.1 Å². The Morgan fingerprint density at radius 3 is 2.14 bits per heavy atom. The van der Waals surface area contributed by atoms with Gasteiger partial charge in [-0.05, 0) is 69.2 Å². The first-order valence-corrected chi connectivity index (χ1v) is 13.6. The van der Waals surface area contributed by atoms with Crippen molar-refractivity contribution in [2.75, 3.05) is 24.2 Å². The summed E-state index contributed by atoms with van der Waals surface area (Å²) in [5.74, 6) is 0.122. The molecule has 1 atom stereocenters. The van der Waals surface area contributed by atoms with Gasteiger partial charge in [0.1, 0.15) is 11.8 Å². The largest absolute Gasteiger partial charge is 0.497 e. The molecule has 2 aromatic rings. The molecule has 192 valence electrons. The van der Waals surface area contributed by atoms with Gasteiger partial charge in [0.05, 0.1) is 19.1 Å². The number of halogens is 1. The highest BCUT2D eigenvalue weighted by Gasteiger charge is 2.27. The van der Waals surface area contributed by atoms with E-state index < -0.39 is 16.1 Å². The maximum Gasteiger partial charge on any atom is 0.242 e. The van der Waals surface area contributed by atoms with Crippen LogP contribution in [0.4, 0.5) is 5.69 Å². The first-order valence-electron chi connectivity index (χ1n) is 11.4. The van der Waals surface area contributed by atoms with Gasteiger partial charge in [0.25, 0.3) is 0 Å². The monoisotopic (exact) mass is 523 g/mol. The van der Waals surface area contributed by atoms with E-state index >= 15 is 0 Å². The second-order valence-electron chi connectivity index (χ2n) is 8.62. The van der Waals surface area contributed by atoms with Crippen LogP contribution in [0.1, 0.15) is 39.2 Å². The van der Waals surface area contributed by atoms with Crippen molar-refractivity contribution in [2.45, 2.75) is 52.2 Å². The van der Waals surface area contributed by atoms with Gasteiger partial charge in [0, 0.05) is 30.6 Å². The van der Waals surface area contributed by atoms with Crippen LogP contribution in [0.25, 0.3) is 0 Å². The normalized spacial score (nSPS) is 12.2. The van der Waals surface area contributed by atoms with Crippen LogP contribution in [-0.4, -0.2) is 57.1 Å². The molecule has 0 saturated heterocycles. The summed E-state index contributed by atoms with van der Waals surface area (Å²) in [5, 5.41) is 3.43. The molecular weight excluding hydrogens is 490 g/mol. The Bertz CT molecular complexity index is 1090. The second kappa shape index (κ2) is 12.8. The minimum Gasteiger partial charge on any atom is -0.497 e. The van der Waals surface area contributed by atoms with E-state index in [0.717, 1.165) is 11.8 Å². The Balaban J connectivity index is 2.15. The zero-order valence-electron chi connectivity index (χ0n) is 20.8. The van der Waals surface area contributed by atoms with Crippen molar-refractivity contribution < 1.29 is 22.7 Å². The highest BCUT2D eigenvalue weighted by molar-refractivity contribution is 7.92. The summed E-state index contributed by atoms with van der Waals surface area (Å²) in [6, 6.07) is 13.0. The fourth-order valence-corrected chi connectivity index (χ4v) is 4.62. The van der Waals surface area contributed by atoms with E-state index in [4.69, 9.17) is 16.3 Å². The maximum absolute atomic E-state index is 13.2. The third kappa shape index (κ3) is 8.74. The summed E-state index contributed by atoms with van der Waals surface area (Å²) in [7, 11) is -2.03. The molecule has 0 aliphatic heterocycles. The lowest BCUT2D eigenvalue weighted by atomic mass is 10.1. The number of anilines is 1. The Morgan fingerprint density at radius 1 is 1.03 bits per heavy atom. The lowest BCUT2D eigenvalue weighted by molar-refractivity contribution is -0.140. The number of benzene rings is 2. The molecule has 0 spiro atoms. The fraction of sp³-hybridized carbons (Fsp3) is 0.440. The van der Waals surface area contributed by atoms with E-state index in [1.165, 1.54) is 16.3 Å². The van der Waals surface area contributed by atoms with Gasteiger partial charge in [-0.3, -0.25) is 13.9 Å². The van der Waals surface area contributed by atoms with Crippen LogP contribution in [-0.2, 0) is 26.2 Å². The molecule has 0 aromatic heterocycles. The van der Waals surface area contributed by atoms with Gasteiger partial charge in [-0.2, -0.15) is 0 Å². The highest BCUT2D eigenvalue weighted by atomic mass is 35.5. The third-order valence-electron chi connectivity index (χ3n) is 5.38. The smallest absolute Gasteiger partial charge is 0.242 e. The Morgan fingerprint density at radius 2 is 1.63 bits per heavy atom. The number of nitrogens with one attached hydrogen (secondary N) is 1. The van der Waals surface area contributed by atoms with Crippen molar-refractivity contribution in [1.29, 1.82) is 0 Å². The maximum atomic E-state index is 13.2. The van der Waals surface area contributed by atoms with Gasteiger partial charge in [-0.1, -0.05) is 23.7 Å². The van der Waals surface area contributed by atoms with Crippen LogP contribution in [0.15, 0.2) is 48.5 Å². The molecule has 0 saturated carbocycles. The van der Waals surface area contributed by atoms with Crippen LogP contribution in [0.3, 0.4) is 0 Å². The minimum absolute atomic E-state index is 0.0646. The molecule has 0 radical (unpaired) electrons. The third-order valence-corrected chi connectivity index (χ3v) is 6.82. The van der Waals surface area contributed by atoms with Gasteiger partial charge in [-0.25, -0.2) is 8.42 Å². The van der Waals surface area contributed by atoms with Gasteiger partial charge in [0.15, 0.2) is 0 Å². The van der Waals surface area contributed by atoms with Crippen molar-refractivity contribution in [1.82, 2.24) is 10.2 Å². The number of methoxy groups -OCH3 is 1. The Labute approximate surface area is 213 Å². The fourth-order valence-electron chi connectivity index (χ4n) is 3.53. The predicted octanol–water partition coefficient (Wildman–Crippen LogP) is 3.84. The van der Waals surface area contributed by atoms with Crippen LogP contribution in [0, 0.1) is 0 Å². The van der Waals surface area contributed by atoms with Crippen LogP contribution in [0.2, 0.25) is 5.02 Å². The van der Waals surface area contributed by atoms with Crippen molar-refractivity contribution in [3.63, 3.8) is 0 Å². The summed E-state index contributed by atoms with van der Waals surface area (Å²) in [6.45, 7) is 5.75. The number of sulfonamides is 1. The van der Waals surface area contributed by atoms with E-state index in [1.54, 1.807) is 43.3 Å².